The summed E-state index contributed by atoms with van der Waals surface area (Å²) in [5.41, 5.74) is 2.77. The van der Waals surface area contributed by atoms with Crippen molar-refractivity contribution in [1.29, 1.82) is 0 Å². The highest BCUT2D eigenvalue weighted by atomic mass is 16.2. The standard InChI is InChI=1S/C24H24N2O2/c27-23(25-19-18-20-10-4-1-5-11-20)16-17-24(28)26(21-12-6-2-7-13-21)22-14-8-3-9-15-22/h1-15H,16-19H2,(H,25,27). The van der Waals surface area contributed by atoms with E-state index in [1.165, 1.54) is 5.56 Å². The average Bonchev–Trinajstić information content (AvgIpc) is 2.75. The van der Waals surface area contributed by atoms with E-state index in [0.717, 1.165) is 17.8 Å². The number of benzene rings is 3. The van der Waals surface area contributed by atoms with Gasteiger partial charge in [0, 0.05) is 30.8 Å². The van der Waals surface area contributed by atoms with Crippen molar-refractivity contribution in [3.63, 3.8) is 0 Å². The number of rotatable bonds is 8. The van der Waals surface area contributed by atoms with Gasteiger partial charge in [0.2, 0.25) is 11.8 Å². The Bertz CT molecular complexity index is 841. The summed E-state index contributed by atoms with van der Waals surface area (Å²) in [6.07, 6.45) is 1.10. The SMILES string of the molecule is O=C(CCC(=O)N(c1ccccc1)c1ccccc1)NCCc1ccccc1. The summed E-state index contributed by atoms with van der Waals surface area (Å²) in [6.45, 7) is 0.568. The van der Waals surface area contributed by atoms with Gasteiger partial charge in [0.25, 0.3) is 0 Å². The molecule has 0 aliphatic carbocycles. The highest BCUT2D eigenvalue weighted by molar-refractivity contribution is 6.01. The van der Waals surface area contributed by atoms with Crippen LogP contribution in [-0.2, 0) is 16.0 Å². The molecule has 0 unspecified atom stereocenters. The highest BCUT2D eigenvalue weighted by Crippen LogP contribution is 2.26. The molecule has 1 N–H and O–H groups in total. The van der Waals surface area contributed by atoms with E-state index in [9.17, 15) is 9.59 Å². The molecule has 142 valence electrons. The molecule has 0 bridgehead atoms. The van der Waals surface area contributed by atoms with Gasteiger partial charge in [-0.15, -0.1) is 0 Å². The largest absolute Gasteiger partial charge is 0.356 e. The minimum Gasteiger partial charge on any atom is -0.356 e. The Hall–Kier alpha value is -3.40. The van der Waals surface area contributed by atoms with Crippen molar-refractivity contribution >= 4 is 23.2 Å². The molecule has 3 aromatic rings. The fraction of sp³-hybridized carbons (Fsp3) is 0.167. The van der Waals surface area contributed by atoms with Crippen molar-refractivity contribution in [2.75, 3.05) is 11.4 Å². The Morgan fingerprint density at radius 1 is 0.679 bits per heavy atom. The molecule has 0 saturated carbocycles. The van der Waals surface area contributed by atoms with Crippen LogP contribution in [0.3, 0.4) is 0 Å². The molecule has 3 rings (SSSR count). The number of amides is 2. The number of hydrogen-bond donors (Lipinski definition) is 1. The zero-order valence-corrected chi connectivity index (χ0v) is 15.8. The highest BCUT2D eigenvalue weighted by Gasteiger charge is 2.18. The van der Waals surface area contributed by atoms with E-state index in [1.807, 2.05) is 91.0 Å². The predicted octanol–water partition coefficient (Wildman–Crippen LogP) is 4.49. The number of carbonyl (C=O) groups is 2. The number of nitrogens with zero attached hydrogens (tertiary/aromatic N) is 1. The Morgan fingerprint density at radius 2 is 1.18 bits per heavy atom. The summed E-state index contributed by atoms with van der Waals surface area (Å²) in [5, 5.41) is 2.90. The third kappa shape index (κ3) is 5.55. The van der Waals surface area contributed by atoms with E-state index in [2.05, 4.69) is 5.32 Å². The van der Waals surface area contributed by atoms with Crippen LogP contribution in [-0.4, -0.2) is 18.4 Å². The van der Waals surface area contributed by atoms with Crippen LogP contribution in [0.4, 0.5) is 11.4 Å². The Balaban J connectivity index is 1.56. The third-order valence-corrected chi connectivity index (χ3v) is 4.42. The Kier molecular flexibility index (Phi) is 6.96. The molecule has 0 aliphatic heterocycles. The molecule has 0 spiro atoms. The van der Waals surface area contributed by atoms with E-state index in [0.29, 0.717) is 6.54 Å². The summed E-state index contributed by atoms with van der Waals surface area (Å²) in [7, 11) is 0. The van der Waals surface area contributed by atoms with E-state index in [1.54, 1.807) is 4.90 Å². The predicted molar refractivity (Wildman–Crippen MR) is 112 cm³/mol. The van der Waals surface area contributed by atoms with Gasteiger partial charge in [-0.05, 0) is 36.2 Å². The zero-order valence-electron chi connectivity index (χ0n) is 15.8. The quantitative estimate of drug-likeness (QED) is 0.633. The molecule has 4 heteroatoms. The molecule has 28 heavy (non-hydrogen) atoms. The van der Waals surface area contributed by atoms with Crippen molar-refractivity contribution in [3.05, 3.63) is 96.6 Å². The lowest BCUT2D eigenvalue weighted by Crippen LogP contribution is -2.30. The smallest absolute Gasteiger partial charge is 0.232 e. The number of anilines is 2. The van der Waals surface area contributed by atoms with Gasteiger partial charge in [0.15, 0.2) is 0 Å². The van der Waals surface area contributed by atoms with E-state index in [4.69, 9.17) is 0 Å². The maximum Gasteiger partial charge on any atom is 0.232 e. The topological polar surface area (TPSA) is 49.4 Å². The molecule has 0 radical (unpaired) electrons. The lowest BCUT2D eigenvalue weighted by atomic mass is 10.1. The minimum absolute atomic E-state index is 0.101. The molecule has 0 heterocycles. The third-order valence-electron chi connectivity index (χ3n) is 4.42. The van der Waals surface area contributed by atoms with Crippen molar-refractivity contribution in [2.24, 2.45) is 0 Å². The maximum atomic E-state index is 12.9. The van der Waals surface area contributed by atoms with Crippen molar-refractivity contribution in [2.45, 2.75) is 19.3 Å². The molecule has 0 aromatic heterocycles. The van der Waals surface area contributed by atoms with Crippen LogP contribution in [0.25, 0.3) is 0 Å². The monoisotopic (exact) mass is 372 g/mol. The molecule has 3 aromatic carbocycles. The summed E-state index contributed by atoms with van der Waals surface area (Å²) in [5.74, 6) is -0.207. The first-order chi connectivity index (χ1) is 13.7. The van der Waals surface area contributed by atoms with Gasteiger partial charge in [-0.1, -0.05) is 66.7 Å². The first kappa shape index (κ1) is 19.4. The molecule has 0 fully saturated rings. The number of carbonyl (C=O) groups excluding carboxylic acids is 2. The van der Waals surface area contributed by atoms with E-state index in [-0.39, 0.29) is 24.7 Å². The Morgan fingerprint density at radius 3 is 1.71 bits per heavy atom. The molecule has 0 aliphatic rings. The zero-order chi connectivity index (χ0) is 19.6. The lowest BCUT2D eigenvalue weighted by molar-refractivity contribution is -0.124. The summed E-state index contributed by atoms with van der Waals surface area (Å²) >= 11 is 0. The van der Waals surface area contributed by atoms with Gasteiger partial charge in [0.1, 0.15) is 0 Å². The van der Waals surface area contributed by atoms with Crippen LogP contribution in [0.5, 0.6) is 0 Å². The lowest BCUT2D eigenvalue weighted by Gasteiger charge is -2.23. The van der Waals surface area contributed by atoms with Gasteiger partial charge in [-0.25, -0.2) is 0 Å². The van der Waals surface area contributed by atoms with Gasteiger partial charge in [-0.3, -0.25) is 14.5 Å². The van der Waals surface area contributed by atoms with Crippen molar-refractivity contribution < 1.29 is 9.59 Å². The minimum atomic E-state index is -0.106. The fourth-order valence-electron chi connectivity index (χ4n) is 3.00. The summed E-state index contributed by atoms with van der Waals surface area (Å²) in [4.78, 5) is 26.7. The van der Waals surface area contributed by atoms with Gasteiger partial charge in [-0.2, -0.15) is 0 Å². The molecule has 0 saturated heterocycles. The van der Waals surface area contributed by atoms with Gasteiger partial charge >= 0.3 is 0 Å². The normalized spacial score (nSPS) is 10.3. The second-order valence-corrected chi connectivity index (χ2v) is 6.49. The molecule has 2 amide bonds. The van der Waals surface area contributed by atoms with Gasteiger partial charge < -0.3 is 5.32 Å². The van der Waals surface area contributed by atoms with E-state index >= 15 is 0 Å². The second kappa shape index (κ2) is 10.1. The van der Waals surface area contributed by atoms with Crippen molar-refractivity contribution in [3.8, 4) is 0 Å². The summed E-state index contributed by atoms with van der Waals surface area (Å²) < 4.78 is 0. The number of hydrogen-bond acceptors (Lipinski definition) is 2. The first-order valence-corrected chi connectivity index (χ1v) is 9.48. The maximum absolute atomic E-state index is 12.9. The van der Waals surface area contributed by atoms with E-state index < -0.39 is 0 Å². The van der Waals surface area contributed by atoms with Crippen LogP contribution in [0.1, 0.15) is 18.4 Å². The average molecular weight is 372 g/mol. The second-order valence-electron chi connectivity index (χ2n) is 6.49. The summed E-state index contributed by atoms with van der Waals surface area (Å²) in [6, 6.07) is 29.0. The number of para-hydroxylation sites is 2. The van der Waals surface area contributed by atoms with Gasteiger partial charge in [0.05, 0.1) is 0 Å². The van der Waals surface area contributed by atoms with Crippen LogP contribution in [0, 0.1) is 0 Å². The van der Waals surface area contributed by atoms with Crippen molar-refractivity contribution in [1.82, 2.24) is 5.32 Å². The van der Waals surface area contributed by atoms with Crippen LogP contribution >= 0.6 is 0 Å². The molecular formula is C24H24N2O2. The first-order valence-electron chi connectivity index (χ1n) is 9.48. The van der Waals surface area contributed by atoms with Crippen LogP contribution < -0.4 is 10.2 Å². The molecular weight excluding hydrogens is 348 g/mol. The molecule has 4 nitrogen and oxygen atoms in total. The van der Waals surface area contributed by atoms with Crippen LogP contribution in [0.15, 0.2) is 91.0 Å². The number of nitrogens with one attached hydrogen (secondary N) is 1. The fourth-order valence-corrected chi connectivity index (χ4v) is 3.00. The molecule has 0 atom stereocenters. The Labute approximate surface area is 165 Å². The van der Waals surface area contributed by atoms with Crippen LogP contribution in [0.2, 0.25) is 0 Å².